The molecule has 0 atom stereocenters. The highest BCUT2D eigenvalue weighted by Crippen LogP contribution is 2.27. The van der Waals surface area contributed by atoms with E-state index in [2.05, 4.69) is 10.5 Å². The molecule has 0 spiro atoms. The number of carbonyl (C=O) groups excluding carboxylic acids is 1. The summed E-state index contributed by atoms with van der Waals surface area (Å²) in [5, 5.41) is 24.8. The van der Waals surface area contributed by atoms with Crippen molar-refractivity contribution in [2.45, 2.75) is 13.3 Å². The summed E-state index contributed by atoms with van der Waals surface area (Å²) >= 11 is 0. The Labute approximate surface area is 191 Å². The van der Waals surface area contributed by atoms with Crippen LogP contribution in [0.25, 0.3) is 22.2 Å². The lowest BCUT2D eigenvalue weighted by Gasteiger charge is -2.11. The van der Waals surface area contributed by atoms with Crippen LogP contribution in [0.1, 0.15) is 29.3 Å². The molecule has 0 radical (unpaired) electrons. The number of methoxy groups -OCH3 is 1. The summed E-state index contributed by atoms with van der Waals surface area (Å²) in [5.74, 6) is 0.293. The minimum absolute atomic E-state index is 0.000428. The lowest BCUT2D eigenvalue weighted by molar-refractivity contribution is 0.0956. The van der Waals surface area contributed by atoms with Crippen LogP contribution < -0.4 is 10.2 Å². The third-order valence-electron chi connectivity index (χ3n) is 5.26. The lowest BCUT2D eigenvalue weighted by atomic mass is 10.0. The van der Waals surface area contributed by atoms with Crippen molar-refractivity contribution in [3.8, 4) is 28.5 Å². The van der Waals surface area contributed by atoms with Crippen molar-refractivity contribution in [3.63, 3.8) is 0 Å². The zero-order valence-corrected chi connectivity index (χ0v) is 18.2. The first-order chi connectivity index (χ1) is 16.0. The van der Waals surface area contributed by atoms with Gasteiger partial charge in [0.05, 0.1) is 29.6 Å². The third kappa shape index (κ3) is 4.62. The number of rotatable bonds is 6. The summed E-state index contributed by atoms with van der Waals surface area (Å²) in [4.78, 5) is 17.9. The summed E-state index contributed by atoms with van der Waals surface area (Å²) in [7, 11) is 1.60. The van der Waals surface area contributed by atoms with Gasteiger partial charge < -0.3 is 14.9 Å². The van der Waals surface area contributed by atoms with Gasteiger partial charge in [0.15, 0.2) is 0 Å². The molecule has 4 rings (SSSR count). The number of fused-ring (bicyclic) bond motifs is 1. The van der Waals surface area contributed by atoms with Crippen LogP contribution >= 0.6 is 0 Å². The summed E-state index contributed by atoms with van der Waals surface area (Å²) < 4.78 is 5.22. The smallest absolute Gasteiger partial charge is 0.272 e. The minimum atomic E-state index is -0.408. The number of hydrogen-bond acceptors (Lipinski definition) is 6. The molecule has 7 nitrogen and oxygen atoms in total. The monoisotopic (exact) mass is 441 g/mol. The first-order valence-corrected chi connectivity index (χ1v) is 10.4. The van der Waals surface area contributed by atoms with E-state index in [1.807, 2.05) is 55.5 Å². The largest absolute Gasteiger partial charge is 0.508 e. The van der Waals surface area contributed by atoms with Crippen molar-refractivity contribution in [3.05, 3.63) is 83.9 Å². The number of nitrogens with one attached hydrogen (secondary N) is 1. The fraction of sp³-hybridized carbons (Fsp3) is 0.115. The number of phenols is 2. The summed E-state index contributed by atoms with van der Waals surface area (Å²) in [6, 6.07) is 20.8. The van der Waals surface area contributed by atoms with Gasteiger partial charge in [-0.2, -0.15) is 5.10 Å². The van der Waals surface area contributed by atoms with E-state index in [9.17, 15) is 15.0 Å². The topological polar surface area (TPSA) is 104 Å². The van der Waals surface area contributed by atoms with Gasteiger partial charge in [-0.3, -0.25) is 4.79 Å². The second-order valence-electron chi connectivity index (χ2n) is 7.36. The molecule has 0 aliphatic carbocycles. The predicted molar refractivity (Wildman–Crippen MR) is 128 cm³/mol. The van der Waals surface area contributed by atoms with Gasteiger partial charge in [0.2, 0.25) is 0 Å². The Balaban J connectivity index is 1.72. The van der Waals surface area contributed by atoms with Gasteiger partial charge in [-0.1, -0.05) is 25.1 Å². The standard InChI is InChI=1S/C26H23N3O4/c1-3-22(21-14-17(30)10-13-25(21)31)28-29-26(32)20-15-24(16-8-11-18(33-2)12-9-16)27-23-7-5-4-6-19(20)23/h4-15,30-31H,3H2,1-2H3,(H,29,32)/b28-22+. The van der Waals surface area contributed by atoms with Gasteiger partial charge in [-0.05, 0) is 61.0 Å². The minimum Gasteiger partial charge on any atom is -0.508 e. The quantitative estimate of drug-likeness (QED) is 0.225. The highest BCUT2D eigenvalue weighted by molar-refractivity contribution is 6.08. The molecule has 0 aliphatic heterocycles. The molecule has 0 bridgehead atoms. The molecule has 3 aromatic carbocycles. The van der Waals surface area contributed by atoms with Crippen LogP contribution in [0.4, 0.5) is 0 Å². The number of ether oxygens (including phenoxy) is 1. The van der Waals surface area contributed by atoms with Crippen LogP contribution in [0.2, 0.25) is 0 Å². The number of carbonyl (C=O) groups is 1. The molecule has 3 N–H and O–H groups in total. The van der Waals surface area contributed by atoms with Gasteiger partial charge in [-0.25, -0.2) is 10.4 Å². The number of phenolic OH excluding ortho intramolecular Hbond substituents is 2. The Kier molecular flexibility index (Phi) is 6.22. The maximum absolute atomic E-state index is 13.2. The fourth-order valence-electron chi connectivity index (χ4n) is 3.54. The van der Waals surface area contributed by atoms with Gasteiger partial charge >= 0.3 is 0 Å². The molecule has 1 aromatic heterocycles. The Bertz CT molecular complexity index is 1350. The second kappa shape index (κ2) is 9.40. The van der Waals surface area contributed by atoms with E-state index in [4.69, 9.17) is 9.72 Å². The second-order valence-corrected chi connectivity index (χ2v) is 7.36. The van der Waals surface area contributed by atoms with E-state index in [0.717, 1.165) is 11.3 Å². The number of aromatic hydroxyl groups is 2. The molecule has 0 saturated heterocycles. The van der Waals surface area contributed by atoms with Crippen molar-refractivity contribution in [2.24, 2.45) is 5.10 Å². The third-order valence-corrected chi connectivity index (χ3v) is 5.26. The maximum Gasteiger partial charge on any atom is 0.272 e. The lowest BCUT2D eigenvalue weighted by Crippen LogP contribution is -2.20. The first kappa shape index (κ1) is 21.8. The van der Waals surface area contributed by atoms with Crippen LogP contribution in [0.15, 0.2) is 77.9 Å². The van der Waals surface area contributed by atoms with Crippen molar-refractivity contribution in [2.75, 3.05) is 7.11 Å². The zero-order valence-electron chi connectivity index (χ0n) is 18.2. The van der Waals surface area contributed by atoms with Crippen LogP contribution in [0, 0.1) is 0 Å². The van der Waals surface area contributed by atoms with Crippen LogP contribution in [0.5, 0.6) is 17.2 Å². The number of hydrazone groups is 1. The molecule has 4 aromatic rings. The average Bonchev–Trinajstić information content (AvgIpc) is 2.85. The van der Waals surface area contributed by atoms with Gasteiger partial charge in [0, 0.05) is 16.5 Å². The van der Waals surface area contributed by atoms with E-state index < -0.39 is 5.91 Å². The first-order valence-electron chi connectivity index (χ1n) is 10.4. The summed E-state index contributed by atoms with van der Waals surface area (Å²) in [6.45, 7) is 1.85. The van der Waals surface area contributed by atoms with Crippen molar-refractivity contribution < 1.29 is 19.7 Å². The Morgan fingerprint density at radius 2 is 1.76 bits per heavy atom. The molecule has 0 aliphatic rings. The van der Waals surface area contributed by atoms with Crippen LogP contribution in [0.3, 0.4) is 0 Å². The predicted octanol–water partition coefficient (Wildman–Crippen LogP) is 4.87. The van der Waals surface area contributed by atoms with Gasteiger partial charge in [0.1, 0.15) is 17.2 Å². The number of hydrogen-bond donors (Lipinski definition) is 3. The Hall–Kier alpha value is -4.39. The Morgan fingerprint density at radius 3 is 2.48 bits per heavy atom. The highest BCUT2D eigenvalue weighted by atomic mass is 16.5. The normalized spacial score (nSPS) is 11.4. The number of benzene rings is 3. The van der Waals surface area contributed by atoms with Crippen LogP contribution in [-0.2, 0) is 0 Å². The molecule has 1 amide bonds. The number of para-hydroxylation sites is 1. The maximum atomic E-state index is 13.2. The summed E-state index contributed by atoms with van der Waals surface area (Å²) in [5.41, 5.74) is 5.98. The number of amides is 1. The molecule has 0 fully saturated rings. The van der Waals surface area contributed by atoms with Crippen molar-refractivity contribution in [1.82, 2.24) is 10.4 Å². The molecule has 166 valence electrons. The molecule has 0 unspecified atom stereocenters. The Morgan fingerprint density at radius 1 is 1.00 bits per heavy atom. The average molecular weight is 441 g/mol. The van der Waals surface area contributed by atoms with Crippen molar-refractivity contribution in [1.29, 1.82) is 0 Å². The SMILES string of the molecule is CC/C(=N\NC(=O)c1cc(-c2ccc(OC)cc2)nc2ccccc12)c1cc(O)ccc1O. The van der Waals surface area contributed by atoms with E-state index in [0.29, 0.717) is 39.9 Å². The fourth-order valence-corrected chi connectivity index (χ4v) is 3.54. The zero-order chi connectivity index (χ0) is 23.4. The number of aromatic nitrogens is 1. The van der Waals surface area contributed by atoms with Crippen molar-refractivity contribution >= 4 is 22.5 Å². The molecule has 7 heteroatoms. The molecule has 0 saturated carbocycles. The number of nitrogens with zero attached hydrogens (tertiary/aromatic N) is 2. The molecular formula is C26H23N3O4. The van der Waals surface area contributed by atoms with E-state index in [1.165, 1.54) is 18.2 Å². The molecule has 1 heterocycles. The van der Waals surface area contributed by atoms with Gasteiger partial charge in [0.25, 0.3) is 5.91 Å². The van der Waals surface area contributed by atoms with E-state index >= 15 is 0 Å². The highest BCUT2D eigenvalue weighted by Gasteiger charge is 2.15. The number of pyridine rings is 1. The van der Waals surface area contributed by atoms with Crippen LogP contribution in [-0.4, -0.2) is 33.9 Å². The van der Waals surface area contributed by atoms with E-state index in [-0.39, 0.29) is 11.5 Å². The molecular weight excluding hydrogens is 418 g/mol. The summed E-state index contributed by atoms with van der Waals surface area (Å²) in [6.07, 6.45) is 0.436. The molecule has 33 heavy (non-hydrogen) atoms. The van der Waals surface area contributed by atoms with Gasteiger partial charge in [-0.15, -0.1) is 0 Å². The van der Waals surface area contributed by atoms with E-state index in [1.54, 1.807) is 13.2 Å².